The molecule has 1 saturated heterocycles. The molecule has 4 rings (SSSR count). The highest BCUT2D eigenvalue weighted by Gasteiger charge is 2.40. The van der Waals surface area contributed by atoms with Crippen molar-refractivity contribution in [2.24, 2.45) is 5.41 Å². The lowest BCUT2D eigenvalue weighted by atomic mass is 9.74. The summed E-state index contributed by atoms with van der Waals surface area (Å²) < 4.78 is 25.7. The normalized spacial score (nSPS) is 15.8. The lowest BCUT2D eigenvalue weighted by molar-refractivity contribution is -0.152. The number of rotatable bonds is 10. The number of benzene rings is 2. The largest absolute Gasteiger partial charge is 0.497 e. The second kappa shape index (κ2) is 10.8. The van der Waals surface area contributed by atoms with Gasteiger partial charge < -0.3 is 14.6 Å². The van der Waals surface area contributed by atoms with Crippen LogP contribution in [0, 0.1) is 11.2 Å². The fourth-order valence-electron chi connectivity index (χ4n) is 4.77. The second-order valence-electron chi connectivity index (χ2n) is 8.91. The molecule has 6 nitrogen and oxygen atoms in total. The number of methoxy groups -OCH3 is 1. The number of hydrogen-bond acceptors (Lipinski definition) is 5. The van der Waals surface area contributed by atoms with E-state index in [0.717, 1.165) is 17.7 Å². The zero-order chi connectivity index (χ0) is 24.0. The first-order valence-corrected chi connectivity index (χ1v) is 11.8. The molecule has 0 bridgehead atoms. The van der Waals surface area contributed by atoms with Crippen LogP contribution in [0.15, 0.2) is 54.7 Å². The molecule has 2 aromatic carbocycles. The zero-order valence-electron chi connectivity index (χ0n) is 19.5. The molecule has 0 aliphatic carbocycles. The van der Waals surface area contributed by atoms with Gasteiger partial charge in [-0.1, -0.05) is 18.2 Å². The molecule has 0 saturated carbocycles. The molecule has 34 heavy (non-hydrogen) atoms. The van der Waals surface area contributed by atoms with Gasteiger partial charge >= 0.3 is 5.97 Å². The van der Waals surface area contributed by atoms with Crippen LogP contribution in [0.25, 0.3) is 10.9 Å². The molecule has 3 aromatic rings. The van der Waals surface area contributed by atoms with Crippen molar-refractivity contribution in [2.45, 2.75) is 32.1 Å². The van der Waals surface area contributed by atoms with Gasteiger partial charge in [0.25, 0.3) is 0 Å². The summed E-state index contributed by atoms with van der Waals surface area (Å²) in [6.45, 7) is 2.77. The highest BCUT2D eigenvalue weighted by molar-refractivity contribution is 5.83. The first-order chi connectivity index (χ1) is 16.5. The quantitative estimate of drug-likeness (QED) is 0.456. The molecular weight excluding hydrogens is 435 g/mol. The number of aryl methyl sites for hydroxylation is 1. The van der Waals surface area contributed by atoms with E-state index in [1.54, 1.807) is 19.2 Å². The zero-order valence-corrected chi connectivity index (χ0v) is 19.5. The van der Waals surface area contributed by atoms with Gasteiger partial charge in [0, 0.05) is 11.9 Å². The Morgan fingerprint density at radius 1 is 1.15 bits per heavy atom. The van der Waals surface area contributed by atoms with Gasteiger partial charge in [-0.25, -0.2) is 4.39 Å². The summed E-state index contributed by atoms with van der Waals surface area (Å²) in [5.74, 6) is 0.368. The maximum Gasteiger partial charge on any atom is 0.309 e. The van der Waals surface area contributed by atoms with Crippen molar-refractivity contribution in [1.29, 1.82) is 0 Å². The molecule has 1 aliphatic rings. The Balaban J connectivity index is 1.34. The number of carbonyl (C=O) groups is 1. The number of aromatic nitrogens is 1. The molecule has 1 aromatic heterocycles. The van der Waals surface area contributed by atoms with E-state index in [1.165, 1.54) is 6.20 Å². The van der Waals surface area contributed by atoms with E-state index < -0.39 is 11.4 Å². The summed E-state index contributed by atoms with van der Waals surface area (Å²) in [6.07, 6.45) is 3.98. The number of carboxylic acid groups (broad SMARTS) is 1. The third kappa shape index (κ3) is 5.47. The topological polar surface area (TPSA) is 71.9 Å². The fourth-order valence-corrected chi connectivity index (χ4v) is 4.77. The number of nitrogens with zero attached hydrogens (tertiary/aromatic N) is 2. The van der Waals surface area contributed by atoms with Crippen molar-refractivity contribution in [3.8, 4) is 11.5 Å². The average Bonchev–Trinajstić information content (AvgIpc) is 2.86. The predicted octanol–water partition coefficient (Wildman–Crippen LogP) is 4.95. The van der Waals surface area contributed by atoms with Crippen molar-refractivity contribution in [3.05, 3.63) is 66.1 Å². The molecule has 0 unspecified atom stereocenters. The summed E-state index contributed by atoms with van der Waals surface area (Å²) in [7, 11) is 1.57. The number of pyridine rings is 1. The maximum atomic E-state index is 14.6. The van der Waals surface area contributed by atoms with Crippen LogP contribution in [0.2, 0.25) is 0 Å². The highest BCUT2D eigenvalue weighted by Crippen LogP contribution is 2.37. The fraction of sp³-hybridized carbons (Fsp3) is 0.407. The van der Waals surface area contributed by atoms with Gasteiger partial charge in [0.2, 0.25) is 0 Å². The number of halogens is 1. The summed E-state index contributed by atoms with van der Waals surface area (Å²) in [5, 5.41) is 10.8. The number of likely N-dealkylation sites (tertiary alicyclic amines) is 1. The SMILES string of the molecule is COc1ccc2ncc(F)c(CCCC3(C(=O)O)CCN(CCOc4ccccc4)CC3)c2c1. The predicted molar refractivity (Wildman–Crippen MR) is 129 cm³/mol. The molecule has 1 fully saturated rings. The Kier molecular flexibility index (Phi) is 7.63. The average molecular weight is 467 g/mol. The Bertz CT molecular complexity index is 1110. The number of fused-ring (bicyclic) bond motifs is 1. The minimum Gasteiger partial charge on any atom is -0.497 e. The molecule has 2 heterocycles. The van der Waals surface area contributed by atoms with Crippen molar-refractivity contribution in [3.63, 3.8) is 0 Å². The smallest absolute Gasteiger partial charge is 0.309 e. The summed E-state index contributed by atoms with van der Waals surface area (Å²) in [4.78, 5) is 18.7. The minimum atomic E-state index is -0.770. The second-order valence-corrected chi connectivity index (χ2v) is 8.91. The van der Waals surface area contributed by atoms with E-state index in [-0.39, 0.29) is 5.82 Å². The van der Waals surface area contributed by atoms with Crippen molar-refractivity contribution < 1.29 is 23.8 Å². The number of ether oxygens (including phenoxy) is 2. The number of aliphatic carboxylic acids is 1. The molecule has 0 atom stereocenters. The van der Waals surface area contributed by atoms with Gasteiger partial charge in [0.15, 0.2) is 0 Å². The molecule has 0 spiro atoms. The van der Waals surface area contributed by atoms with E-state index in [9.17, 15) is 14.3 Å². The number of hydrogen-bond donors (Lipinski definition) is 1. The van der Waals surface area contributed by atoms with Crippen LogP contribution < -0.4 is 9.47 Å². The highest BCUT2D eigenvalue weighted by atomic mass is 19.1. The lowest BCUT2D eigenvalue weighted by Crippen LogP contribution is -2.45. The lowest BCUT2D eigenvalue weighted by Gasteiger charge is -2.39. The molecule has 0 amide bonds. The van der Waals surface area contributed by atoms with Gasteiger partial charge in [0.05, 0.1) is 24.2 Å². The maximum absolute atomic E-state index is 14.6. The molecule has 7 heteroatoms. The van der Waals surface area contributed by atoms with Crippen molar-refractivity contribution >= 4 is 16.9 Å². The van der Waals surface area contributed by atoms with Crippen LogP contribution in [-0.4, -0.2) is 54.3 Å². The monoisotopic (exact) mass is 466 g/mol. The van der Waals surface area contributed by atoms with Gasteiger partial charge in [-0.05, 0) is 81.1 Å². The van der Waals surface area contributed by atoms with Gasteiger partial charge in [0.1, 0.15) is 23.9 Å². The standard InChI is InChI=1S/C27H31FN2O4/c1-33-21-9-10-25-23(18-21)22(24(28)19-29-25)8-5-11-27(26(31)32)12-14-30(15-13-27)16-17-34-20-6-3-2-4-7-20/h2-4,6-7,9-10,18-19H,5,8,11-17H2,1H3,(H,31,32). The van der Waals surface area contributed by atoms with E-state index in [0.29, 0.717) is 68.6 Å². The molecule has 1 N–H and O–H groups in total. The summed E-state index contributed by atoms with van der Waals surface area (Å²) >= 11 is 0. The van der Waals surface area contributed by atoms with Crippen LogP contribution in [0.5, 0.6) is 11.5 Å². The number of piperidine rings is 1. The first-order valence-electron chi connectivity index (χ1n) is 11.8. The van der Waals surface area contributed by atoms with E-state index in [4.69, 9.17) is 9.47 Å². The van der Waals surface area contributed by atoms with Crippen LogP contribution in [0.4, 0.5) is 4.39 Å². The Morgan fingerprint density at radius 3 is 2.62 bits per heavy atom. The summed E-state index contributed by atoms with van der Waals surface area (Å²) in [6, 6.07) is 15.1. The minimum absolute atomic E-state index is 0.363. The Morgan fingerprint density at radius 2 is 1.91 bits per heavy atom. The molecule has 180 valence electrons. The first kappa shape index (κ1) is 24.0. The molecular formula is C27H31FN2O4. The Labute approximate surface area is 199 Å². The van der Waals surface area contributed by atoms with E-state index >= 15 is 0 Å². The number of para-hydroxylation sites is 1. The van der Waals surface area contributed by atoms with Gasteiger partial charge in [-0.15, -0.1) is 0 Å². The van der Waals surface area contributed by atoms with Gasteiger partial charge in [-0.2, -0.15) is 0 Å². The summed E-state index contributed by atoms with van der Waals surface area (Å²) in [5.41, 5.74) is 0.504. The van der Waals surface area contributed by atoms with Crippen molar-refractivity contribution in [2.75, 3.05) is 33.4 Å². The van der Waals surface area contributed by atoms with Crippen LogP contribution >= 0.6 is 0 Å². The Hall–Kier alpha value is -3.19. The molecule has 1 aliphatic heterocycles. The van der Waals surface area contributed by atoms with Crippen LogP contribution in [0.3, 0.4) is 0 Å². The van der Waals surface area contributed by atoms with Crippen molar-refractivity contribution in [1.82, 2.24) is 9.88 Å². The molecule has 0 radical (unpaired) electrons. The number of carboxylic acids is 1. The van der Waals surface area contributed by atoms with E-state index in [1.807, 2.05) is 36.4 Å². The van der Waals surface area contributed by atoms with Gasteiger partial charge in [-0.3, -0.25) is 14.7 Å². The van der Waals surface area contributed by atoms with Crippen LogP contribution in [0.1, 0.15) is 31.2 Å². The third-order valence-electron chi connectivity index (χ3n) is 6.90. The third-order valence-corrected chi connectivity index (χ3v) is 6.90. The van der Waals surface area contributed by atoms with E-state index in [2.05, 4.69) is 9.88 Å². The van der Waals surface area contributed by atoms with Crippen LogP contribution in [-0.2, 0) is 11.2 Å².